The van der Waals surface area contributed by atoms with Crippen molar-refractivity contribution >= 4 is 88.4 Å². The van der Waals surface area contributed by atoms with Gasteiger partial charge in [0.15, 0.2) is 0 Å². The molecule has 0 radical (unpaired) electrons. The van der Waals surface area contributed by atoms with E-state index in [2.05, 4.69) is 4.98 Å². The van der Waals surface area contributed by atoms with Gasteiger partial charge in [0.05, 0.1) is 30.2 Å². The van der Waals surface area contributed by atoms with Crippen molar-refractivity contribution < 1.29 is 57.5 Å². The van der Waals surface area contributed by atoms with Gasteiger partial charge in [0, 0.05) is 30.5 Å². The smallest absolute Gasteiger partial charge is 0.273 e. The molecule has 16 amide bonds. The zero-order valence-corrected chi connectivity index (χ0v) is 64.9. The normalized spacial score (nSPS) is 19.1. The fourth-order valence-electron chi connectivity index (χ4n) is 16.6. The molecular formula is C96H91N9O12. The minimum Gasteiger partial charge on any atom is -0.273 e. The first-order valence-corrected chi connectivity index (χ1v) is 40.2. The van der Waals surface area contributed by atoms with E-state index < -0.39 is 71.3 Å². The van der Waals surface area contributed by atoms with E-state index in [1.54, 1.807) is 54.6 Å². The summed E-state index contributed by atoms with van der Waals surface area (Å²) in [6.45, 7) is 0.302. The molecule has 592 valence electrons. The number of rotatable bonds is 19. The Labute approximate surface area is 680 Å². The Kier molecular flexibility index (Phi) is 25.8. The largest absolute Gasteiger partial charge is 0.342 e. The molecule has 3 aliphatic carbocycles. The van der Waals surface area contributed by atoms with Crippen LogP contribution in [-0.2, 0) is 77.1 Å². The van der Waals surface area contributed by atoms with E-state index >= 15 is 0 Å². The SMILES string of the molecule is O=C1C(Cc2ccccc2)C(=O)N(C2CCCC2)C(=O)N1C1CCCC1.O=C1C(Cc2ccccc2)C(=O)N(C2CCCC2)C(=O)N1Cc1ccccc1.O=C1C(Cc2ccccc2)C(=O)N(c2ccc(-c3ccccc3)cc2)C(=O)N1Cc1ccccc1.O=C1C(Cc2ccccc2)C(=O)N(c2ccncc2)C(=O)N1c1ccccc1. The number of hydrogen-bond donors (Lipinski definition) is 0. The van der Waals surface area contributed by atoms with Crippen LogP contribution in [0.1, 0.15) is 110 Å². The highest BCUT2D eigenvalue weighted by Gasteiger charge is 2.53. The zero-order valence-electron chi connectivity index (χ0n) is 64.9. The monoisotopic (exact) mass is 1560 g/mol. The summed E-state index contributed by atoms with van der Waals surface area (Å²) in [5, 5.41) is 0. The predicted molar refractivity (Wildman–Crippen MR) is 442 cm³/mol. The van der Waals surface area contributed by atoms with Gasteiger partial charge in [-0.05, 0) is 145 Å². The minimum absolute atomic E-state index is 0.0368. The van der Waals surface area contributed by atoms with E-state index in [-0.39, 0.29) is 67.8 Å². The summed E-state index contributed by atoms with van der Waals surface area (Å²) in [5.74, 6) is -6.90. The number of pyridine rings is 1. The van der Waals surface area contributed by atoms with Crippen LogP contribution < -0.4 is 14.7 Å². The van der Waals surface area contributed by atoms with Gasteiger partial charge in [0.2, 0.25) is 47.3 Å². The molecule has 5 heterocycles. The van der Waals surface area contributed by atoms with Crippen LogP contribution in [0.4, 0.5) is 36.2 Å². The molecule has 3 atom stereocenters. The van der Waals surface area contributed by atoms with Crippen molar-refractivity contribution in [2.75, 3.05) is 14.7 Å². The summed E-state index contributed by atoms with van der Waals surface area (Å²) in [4.78, 5) is 173. The van der Waals surface area contributed by atoms with E-state index in [0.717, 1.165) is 136 Å². The van der Waals surface area contributed by atoms with E-state index in [1.165, 1.54) is 36.9 Å². The Bertz CT molecular complexity index is 4950. The van der Waals surface area contributed by atoms with Gasteiger partial charge < -0.3 is 0 Å². The van der Waals surface area contributed by atoms with Gasteiger partial charge in [-0.25, -0.2) is 33.9 Å². The Morgan fingerprint density at radius 1 is 0.231 bits per heavy atom. The summed E-state index contributed by atoms with van der Waals surface area (Å²) in [6.07, 6.45) is 15.5. The molecular weight excluding hydrogens is 1470 g/mol. The van der Waals surface area contributed by atoms with Crippen LogP contribution in [0.25, 0.3) is 11.1 Å². The fraction of sp³-hybridized carbons (Fsp3) is 0.260. The molecule has 17 rings (SSSR count). The summed E-state index contributed by atoms with van der Waals surface area (Å²) in [5.41, 5.74) is 8.59. The number of hydrogen-bond acceptors (Lipinski definition) is 13. The first-order chi connectivity index (χ1) is 57.1. The molecule has 21 nitrogen and oxygen atoms in total. The van der Waals surface area contributed by atoms with Crippen molar-refractivity contribution in [1.82, 2.24) is 29.5 Å². The van der Waals surface area contributed by atoms with Crippen molar-refractivity contribution in [3.63, 3.8) is 0 Å². The third-order valence-electron chi connectivity index (χ3n) is 22.7. The molecule has 10 aromatic rings. The van der Waals surface area contributed by atoms with Crippen LogP contribution in [0.15, 0.2) is 291 Å². The topological polar surface area (TPSA) is 244 Å². The molecule has 3 unspecified atom stereocenters. The van der Waals surface area contributed by atoms with Gasteiger partial charge in [-0.3, -0.25) is 67.8 Å². The van der Waals surface area contributed by atoms with Crippen LogP contribution in [0.2, 0.25) is 0 Å². The molecule has 4 saturated heterocycles. The highest BCUT2D eigenvalue weighted by Crippen LogP contribution is 2.38. The number of para-hydroxylation sites is 1. The Balaban J connectivity index is 0.000000129. The fourth-order valence-corrected chi connectivity index (χ4v) is 16.6. The molecule has 1 aromatic heterocycles. The number of anilines is 3. The third-order valence-corrected chi connectivity index (χ3v) is 22.7. The number of carbonyl (C=O) groups excluding carboxylic acids is 12. The van der Waals surface area contributed by atoms with Crippen LogP contribution in [0.5, 0.6) is 0 Å². The second kappa shape index (κ2) is 37.7. The maximum atomic E-state index is 13.6. The molecule has 9 aromatic carbocycles. The number of amides is 16. The standard InChI is InChI=1S/C30H24N2O3.C23H24N2O3.C22H17N3O3.C21H26N2O3/c33-28-27(20-22-10-4-1-5-11-22)29(34)32(30(35)31(28)21-23-12-6-2-7-13-23)26-18-16-25(17-19-26)24-14-8-3-9-15-24;26-21-20(15-17-9-3-1-4-10-17)22(27)25(19-13-7-8-14-19)23(28)24(21)16-18-11-5-2-6-12-18;26-20-19(15-16-7-3-1-4-8-16)21(27)25(18-11-13-23-14-12-18)22(28)24(20)17-9-5-2-6-10-17;24-19-18(14-15-8-2-1-3-9-15)20(25)23(17-12-6-7-13-17)21(26)22(19)16-10-4-5-11-16/h1-19,27H,20-21H2;1-6,9-12,19-20H,7-8,13-16H2;1-14,19H,15H2;1-3,8-9,16-18H,4-7,10-14H2. The van der Waals surface area contributed by atoms with Crippen LogP contribution >= 0.6 is 0 Å². The number of barbiturate groups is 4. The van der Waals surface area contributed by atoms with Crippen LogP contribution in [0.3, 0.4) is 0 Å². The van der Waals surface area contributed by atoms with Gasteiger partial charge in [-0.2, -0.15) is 0 Å². The molecule has 0 N–H and O–H groups in total. The number of imide groups is 8. The van der Waals surface area contributed by atoms with Crippen molar-refractivity contribution in [2.24, 2.45) is 23.7 Å². The Hall–Kier alpha value is -13.4. The molecule has 0 bridgehead atoms. The van der Waals surface area contributed by atoms with Gasteiger partial charge in [0.1, 0.15) is 23.7 Å². The second-order valence-electron chi connectivity index (χ2n) is 30.3. The first kappa shape index (κ1) is 80.2. The van der Waals surface area contributed by atoms with Crippen molar-refractivity contribution in [3.8, 4) is 11.1 Å². The van der Waals surface area contributed by atoms with E-state index in [4.69, 9.17) is 0 Å². The summed E-state index contributed by atoms with van der Waals surface area (Å²) < 4.78 is 0. The van der Waals surface area contributed by atoms with E-state index in [9.17, 15) is 57.5 Å². The van der Waals surface area contributed by atoms with Gasteiger partial charge in [0.25, 0.3) is 0 Å². The molecule has 7 fully saturated rings. The number of nitrogens with zero attached hydrogens (tertiary/aromatic N) is 9. The number of aromatic nitrogens is 1. The molecule has 21 heteroatoms. The summed E-state index contributed by atoms with van der Waals surface area (Å²) in [6, 6.07) is 83.3. The maximum absolute atomic E-state index is 13.6. The lowest BCUT2D eigenvalue weighted by molar-refractivity contribution is -0.153. The predicted octanol–water partition coefficient (Wildman–Crippen LogP) is 16.4. The molecule has 4 aliphatic heterocycles. The Morgan fingerprint density at radius 3 is 0.846 bits per heavy atom. The number of urea groups is 4. The van der Waals surface area contributed by atoms with Crippen LogP contribution in [-0.4, -0.2) is 119 Å². The lowest BCUT2D eigenvalue weighted by Crippen LogP contribution is -2.64. The second-order valence-corrected chi connectivity index (χ2v) is 30.3. The highest BCUT2D eigenvalue weighted by atomic mass is 16.2. The minimum atomic E-state index is -0.992. The quantitative estimate of drug-likeness (QED) is 0.0685. The number of benzene rings is 9. The molecule has 117 heavy (non-hydrogen) atoms. The van der Waals surface area contributed by atoms with E-state index in [0.29, 0.717) is 29.9 Å². The average molecular weight is 1560 g/mol. The number of carbonyl (C=O) groups is 12. The maximum Gasteiger partial charge on any atom is 0.342 e. The third kappa shape index (κ3) is 18.4. The molecule has 3 saturated carbocycles. The van der Waals surface area contributed by atoms with Gasteiger partial charge >= 0.3 is 24.1 Å². The zero-order chi connectivity index (χ0) is 81.3. The van der Waals surface area contributed by atoms with Crippen molar-refractivity contribution in [2.45, 2.75) is 134 Å². The lowest BCUT2D eigenvalue weighted by Gasteiger charge is -2.42. The van der Waals surface area contributed by atoms with Gasteiger partial charge in [-0.1, -0.05) is 281 Å². The highest BCUT2D eigenvalue weighted by molar-refractivity contribution is 6.36. The lowest BCUT2D eigenvalue weighted by atomic mass is 9.92. The van der Waals surface area contributed by atoms with Crippen molar-refractivity contribution in [1.29, 1.82) is 0 Å². The van der Waals surface area contributed by atoms with E-state index in [1.807, 2.05) is 224 Å². The molecule has 0 spiro atoms. The summed E-state index contributed by atoms with van der Waals surface area (Å²) in [7, 11) is 0. The Morgan fingerprint density at radius 2 is 0.487 bits per heavy atom. The summed E-state index contributed by atoms with van der Waals surface area (Å²) >= 11 is 0. The van der Waals surface area contributed by atoms with Gasteiger partial charge in [-0.15, -0.1) is 0 Å². The molecule has 7 aliphatic rings. The van der Waals surface area contributed by atoms with Crippen molar-refractivity contribution in [3.05, 3.63) is 325 Å². The first-order valence-electron chi connectivity index (χ1n) is 40.2. The average Bonchev–Trinajstić information content (AvgIpc) is 1.74. The van der Waals surface area contributed by atoms with Crippen LogP contribution in [0, 0.1) is 23.7 Å².